The number of halogens is 6. The lowest BCUT2D eigenvalue weighted by atomic mass is 10.1. The van der Waals surface area contributed by atoms with Crippen molar-refractivity contribution >= 4 is 5.97 Å². The molecule has 106 valence electrons. The molecule has 1 rings (SSSR count). The van der Waals surface area contributed by atoms with Crippen molar-refractivity contribution in [1.82, 2.24) is 0 Å². The minimum absolute atomic E-state index is 0.356. The number of benzene rings is 1. The Morgan fingerprint density at radius 2 is 1.74 bits per heavy atom. The Hall–Kier alpha value is -1.93. The van der Waals surface area contributed by atoms with Crippen molar-refractivity contribution in [1.29, 1.82) is 0 Å². The van der Waals surface area contributed by atoms with Crippen LogP contribution in [0, 0.1) is 0 Å². The molecule has 0 radical (unpaired) electrons. The third kappa shape index (κ3) is 4.34. The van der Waals surface area contributed by atoms with Crippen LogP contribution in [0.2, 0.25) is 0 Å². The van der Waals surface area contributed by atoms with E-state index in [1.54, 1.807) is 0 Å². The smallest absolute Gasteiger partial charge is 0.422 e. The average Bonchev–Trinajstić information content (AvgIpc) is 2.23. The lowest BCUT2D eigenvalue weighted by molar-refractivity contribution is -0.158. The largest absolute Gasteiger partial charge is 0.483 e. The molecule has 1 aromatic carbocycles. The van der Waals surface area contributed by atoms with Crippen LogP contribution in [0.15, 0.2) is 18.2 Å². The molecule has 0 spiro atoms. The van der Waals surface area contributed by atoms with Gasteiger partial charge in [0.25, 0.3) is 0 Å². The van der Waals surface area contributed by atoms with Crippen LogP contribution in [0.5, 0.6) is 5.75 Å². The summed E-state index contributed by atoms with van der Waals surface area (Å²) in [5.41, 5.74) is -2.08. The second-order valence-electron chi connectivity index (χ2n) is 3.42. The minimum atomic E-state index is -4.95. The summed E-state index contributed by atoms with van der Waals surface area (Å²) in [6.07, 6.45) is -9.78. The van der Waals surface area contributed by atoms with Gasteiger partial charge in [-0.3, -0.25) is 0 Å². The van der Waals surface area contributed by atoms with Crippen molar-refractivity contribution in [3.05, 3.63) is 29.3 Å². The molecule has 0 saturated heterocycles. The molecule has 0 aliphatic heterocycles. The molecule has 19 heavy (non-hydrogen) atoms. The zero-order valence-corrected chi connectivity index (χ0v) is 8.97. The number of carboxylic acid groups (broad SMARTS) is 1. The van der Waals surface area contributed by atoms with Gasteiger partial charge in [-0.1, -0.05) is 0 Å². The summed E-state index contributed by atoms with van der Waals surface area (Å²) >= 11 is 0. The van der Waals surface area contributed by atoms with Crippen LogP contribution in [0.4, 0.5) is 26.3 Å². The van der Waals surface area contributed by atoms with Crippen molar-refractivity contribution < 1.29 is 41.0 Å². The second kappa shape index (κ2) is 4.98. The molecule has 1 aromatic rings. The van der Waals surface area contributed by atoms with E-state index in [-0.39, 0.29) is 0 Å². The van der Waals surface area contributed by atoms with Crippen molar-refractivity contribution in [3.8, 4) is 5.75 Å². The molecule has 0 atom stereocenters. The van der Waals surface area contributed by atoms with Crippen LogP contribution in [0.25, 0.3) is 0 Å². The average molecular weight is 288 g/mol. The van der Waals surface area contributed by atoms with Crippen molar-refractivity contribution in [2.45, 2.75) is 12.4 Å². The monoisotopic (exact) mass is 288 g/mol. The van der Waals surface area contributed by atoms with Crippen molar-refractivity contribution in [3.63, 3.8) is 0 Å². The van der Waals surface area contributed by atoms with E-state index in [1.165, 1.54) is 0 Å². The van der Waals surface area contributed by atoms with Crippen molar-refractivity contribution in [2.24, 2.45) is 0 Å². The van der Waals surface area contributed by atoms with E-state index in [1.807, 2.05) is 0 Å². The van der Waals surface area contributed by atoms with E-state index in [9.17, 15) is 31.1 Å². The van der Waals surface area contributed by atoms with E-state index in [4.69, 9.17) is 5.11 Å². The molecule has 0 aliphatic carbocycles. The number of ether oxygens (including phenoxy) is 1. The Morgan fingerprint density at radius 3 is 2.16 bits per heavy atom. The first kappa shape index (κ1) is 15.1. The van der Waals surface area contributed by atoms with Crippen LogP contribution in [-0.2, 0) is 6.18 Å². The van der Waals surface area contributed by atoms with Gasteiger partial charge in [0, 0.05) is 0 Å². The molecule has 0 unspecified atom stereocenters. The maximum absolute atomic E-state index is 12.5. The number of carboxylic acids is 1. The first-order chi connectivity index (χ1) is 8.50. The van der Waals surface area contributed by atoms with Gasteiger partial charge in [0.15, 0.2) is 6.61 Å². The predicted molar refractivity (Wildman–Crippen MR) is 50.0 cm³/mol. The first-order valence-electron chi connectivity index (χ1n) is 4.65. The van der Waals surface area contributed by atoms with Crippen LogP contribution in [0.1, 0.15) is 15.9 Å². The van der Waals surface area contributed by atoms with Gasteiger partial charge in [-0.05, 0) is 18.2 Å². The SMILES string of the molecule is O=C(O)c1ccc(C(F)(F)F)c(OCC(F)(F)F)c1. The number of hydrogen-bond donors (Lipinski definition) is 1. The third-order valence-electron chi connectivity index (χ3n) is 1.93. The molecular weight excluding hydrogens is 282 g/mol. The molecule has 0 bridgehead atoms. The molecule has 9 heteroatoms. The van der Waals surface area contributed by atoms with Crippen LogP contribution in [0.3, 0.4) is 0 Å². The number of rotatable bonds is 3. The zero-order valence-electron chi connectivity index (χ0n) is 8.97. The Morgan fingerprint density at radius 1 is 1.16 bits per heavy atom. The van der Waals surface area contributed by atoms with Gasteiger partial charge in [0.1, 0.15) is 5.75 Å². The highest BCUT2D eigenvalue weighted by Gasteiger charge is 2.36. The Kier molecular flexibility index (Phi) is 3.97. The van der Waals surface area contributed by atoms with Gasteiger partial charge in [-0.2, -0.15) is 26.3 Å². The third-order valence-corrected chi connectivity index (χ3v) is 1.93. The summed E-state index contributed by atoms with van der Waals surface area (Å²) in [5, 5.41) is 8.57. The lowest BCUT2D eigenvalue weighted by Gasteiger charge is -2.15. The maximum atomic E-state index is 12.5. The molecule has 0 amide bonds. The summed E-state index contributed by atoms with van der Waals surface area (Å²) in [4.78, 5) is 10.6. The van der Waals surface area contributed by atoms with E-state index >= 15 is 0 Å². The van der Waals surface area contributed by atoms with E-state index < -0.39 is 41.8 Å². The summed E-state index contributed by atoms with van der Waals surface area (Å²) in [7, 11) is 0. The summed E-state index contributed by atoms with van der Waals surface area (Å²) < 4.78 is 77.2. The Bertz CT molecular complexity index is 477. The van der Waals surface area contributed by atoms with E-state index in [0.29, 0.717) is 18.2 Å². The van der Waals surface area contributed by atoms with Gasteiger partial charge in [-0.15, -0.1) is 0 Å². The van der Waals surface area contributed by atoms with Crippen LogP contribution < -0.4 is 4.74 Å². The fourth-order valence-corrected chi connectivity index (χ4v) is 1.17. The van der Waals surface area contributed by atoms with Gasteiger partial charge >= 0.3 is 18.3 Å². The van der Waals surface area contributed by atoms with Gasteiger partial charge in [0.05, 0.1) is 11.1 Å². The molecular formula is C10H6F6O3. The normalized spacial score (nSPS) is 12.3. The number of carbonyl (C=O) groups is 1. The quantitative estimate of drug-likeness (QED) is 0.868. The topological polar surface area (TPSA) is 46.5 Å². The molecule has 0 heterocycles. The summed E-state index contributed by atoms with van der Waals surface area (Å²) in [6, 6.07) is 1.39. The first-order valence-corrected chi connectivity index (χ1v) is 4.65. The lowest BCUT2D eigenvalue weighted by Crippen LogP contribution is -2.21. The standard InChI is InChI=1S/C10H6F6O3/c11-9(12,13)4-19-7-3-5(8(17)18)1-2-6(7)10(14,15)16/h1-3H,4H2,(H,17,18). The van der Waals surface area contributed by atoms with E-state index in [2.05, 4.69) is 4.74 Å². The maximum Gasteiger partial charge on any atom is 0.422 e. The summed E-state index contributed by atoms with van der Waals surface area (Å²) in [6.45, 7) is -1.95. The Labute approximate surface area is 102 Å². The number of aromatic carboxylic acids is 1. The van der Waals surface area contributed by atoms with Crippen LogP contribution in [-0.4, -0.2) is 23.9 Å². The molecule has 0 saturated carbocycles. The van der Waals surface area contributed by atoms with E-state index in [0.717, 1.165) is 0 Å². The van der Waals surface area contributed by atoms with Gasteiger partial charge in [-0.25, -0.2) is 4.79 Å². The second-order valence-corrected chi connectivity index (χ2v) is 3.42. The highest BCUT2D eigenvalue weighted by atomic mass is 19.4. The zero-order chi connectivity index (χ0) is 14.8. The van der Waals surface area contributed by atoms with Gasteiger partial charge < -0.3 is 9.84 Å². The van der Waals surface area contributed by atoms with Crippen LogP contribution >= 0.6 is 0 Å². The summed E-state index contributed by atoms with van der Waals surface area (Å²) in [5.74, 6) is -2.75. The number of alkyl halides is 6. The number of hydrogen-bond acceptors (Lipinski definition) is 2. The minimum Gasteiger partial charge on any atom is -0.483 e. The highest BCUT2D eigenvalue weighted by molar-refractivity contribution is 5.88. The highest BCUT2D eigenvalue weighted by Crippen LogP contribution is 2.37. The molecule has 0 fully saturated rings. The Balaban J connectivity index is 3.15. The molecule has 1 N–H and O–H groups in total. The molecule has 0 aromatic heterocycles. The molecule has 0 aliphatic rings. The predicted octanol–water partition coefficient (Wildman–Crippen LogP) is 3.34. The van der Waals surface area contributed by atoms with Crippen molar-refractivity contribution in [2.75, 3.05) is 6.61 Å². The molecule has 3 nitrogen and oxygen atoms in total. The fraction of sp³-hybridized carbons (Fsp3) is 0.300. The fourth-order valence-electron chi connectivity index (χ4n) is 1.17. The van der Waals surface area contributed by atoms with Gasteiger partial charge in [0.2, 0.25) is 0 Å².